The molecule has 5 aromatic rings. The Hall–Kier alpha value is -3.88. The summed E-state index contributed by atoms with van der Waals surface area (Å²) in [5.41, 5.74) is -2.78. The predicted molar refractivity (Wildman–Crippen MR) is 172 cm³/mol. The number of carboxylic acid groups (broad SMARTS) is 1. The lowest BCUT2D eigenvalue weighted by Gasteiger charge is -2.13. The van der Waals surface area contributed by atoms with E-state index in [0.29, 0.717) is 39.8 Å². The first-order chi connectivity index (χ1) is 21.3. The summed E-state index contributed by atoms with van der Waals surface area (Å²) in [6, 6.07) is 14.8. The number of hydrogen-bond donors (Lipinski definition) is 2. The van der Waals surface area contributed by atoms with Crippen LogP contribution in [-0.2, 0) is 34.2 Å². The maximum Gasteiger partial charge on any atom is 0.516 e. The van der Waals surface area contributed by atoms with Crippen LogP contribution in [-0.4, -0.2) is 34.6 Å². The topological polar surface area (TPSA) is 114 Å². The van der Waals surface area contributed by atoms with E-state index in [4.69, 9.17) is 9.40 Å². The Labute approximate surface area is 269 Å². The second-order valence-electron chi connectivity index (χ2n) is 10.2. The van der Waals surface area contributed by atoms with Crippen LogP contribution in [0.2, 0.25) is 0 Å². The summed E-state index contributed by atoms with van der Waals surface area (Å²) in [4.78, 5) is 17.9. The quantitative estimate of drug-likeness (QED) is 0.132. The van der Waals surface area contributed by atoms with Crippen LogP contribution in [0.25, 0.3) is 28.4 Å². The number of para-hydroxylation sites is 1. The van der Waals surface area contributed by atoms with E-state index in [1.54, 1.807) is 22.9 Å². The van der Waals surface area contributed by atoms with Crippen molar-refractivity contribution in [3.63, 3.8) is 0 Å². The number of thiophene rings is 1. The molecular weight excluding hydrogens is 695 g/mol. The minimum absolute atomic E-state index is 0.116. The van der Waals surface area contributed by atoms with Crippen LogP contribution < -0.4 is 4.72 Å². The van der Waals surface area contributed by atoms with Gasteiger partial charge in [0.05, 0.1) is 21.5 Å². The van der Waals surface area contributed by atoms with Crippen LogP contribution in [0, 0.1) is 6.92 Å². The zero-order valence-electron chi connectivity index (χ0n) is 24.0. The number of anilines is 1. The molecule has 236 valence electrons. The molecule has 45 heavy (non-hydrogen) atoms. The van der Waals surface area contributed by atoms with Gasteiger partial charge in [-0.1, -0.05) is 31.2 Å². The van der Waals surface area contributed by atoms with E-state index in [1.807, 2.05) is 48.1 Å². The smallest absolute Gasteiger partial charge is 0.478 e. The van der Waals surface area contributed by atoms with Crippen LogP contribution in [0.3, 0.4) is 0 Å². The van der Waals surface area contributed by atoms with Gasteiger partial charge in [0.1, 0.15) is 11.4 Å². The third-order valence-electron chi connectivity index (χ3n) is 7.03. The number of aromatic nitrogens is 2. The Morgan fingerprint density at radius 3 is 2.60 bits per heavy atom. The Morgan fingerprint density at radius 1 is 1.18 bits per heavy atom. The average Bonchev–Trinajstić information content (AvgIpc) is 3.67. The molecule has 0 spiro atoms. The Balaban J connectivity index is 1.54. The standard InChI is InChI=1S/C31H27BrF3N3O5S2/c1-3-7-27-36-18(2)25(16-20(30(39)40)15-21-8-6-13-44-21)38(27)17-19-11-12-26-23(14-19)28(32)29(43-26)22-9-4-5-10-24(22)37-45(41,42)31(33,34)35/h4-6,8-14,16,37H,3,7,15,17H2,1-2H3,(H,39,40)/b20-16+. The van der Waals surface area contributed by atoms with Crippen molar-refractivity contribution >= 4 is 66.0 Å². The van der Waals surface area contributed by atoms with Crippen molar-refractivity contribution in [3.05, 3.63) is 97.7 Å². The molecule has 0 aliphatic rings. The van der Waals surface area contributed by atoms with Crippen molar-refractivity contribution in [3.8, 4) is 11.3 Å². The molecule has 14 heteroatoms. The number of benzene rings is 2. The molecule has 0 fully saturated rings. The largest absolute Gasteiger partial charge is 0.516 e. The molecule has 0 amide bonds. The summed E-state index contributed by atoms with van der Waals surface area (Å²) in [6.45, 7) is 4.24. The molecule has 0 atom stereocenters. The normalized spacial score (nSPS) is 12.6. The van der Waals surface area contributed by atoms with Gasteiger partial charge in [-0.2, -0.15) is 21.6 Å². The molecular formula is C31H27BrF3N3O5S2. The highest BCUT2D eigenvalue weighted by Crippen LogP contribution is 2.42. The molecule has 0 bridgehead atoms. The number of alkyl halides is 3. The zero-order chi connectivity index (χ0) is 32.5. The van der Waals surface area contributed by atoms with Gasteiger partial charge in [0.2, 0.25) is 0 Å². The number of furan rings is 1. The lowest BCUT2D eigenvalue weighted by Crippen LogP contribution is -2.30. The van der Waals surface area contributed by atoms with Crippen molar-refractivity contribution in [1.82, 2.24) is 9.55 Å². The number of nitrogens with one attached hydrogen (secondary N) is 1. The second kappa shape index (κ2) is 12.9. The number of sulfonamides is 1. The molecule has 2 N–H and O–H groups in total. The Kier molecular flexibility index (Phi) is 9.28. The number of rotatable bonds is 11. The van der Waals surface area contributed by atoms with E-state index in [9.17, 15) is 31.5 Å². The first-order valence-electron chi connectivity index (χ1n) is 13.7. The SMILES string of the molecule is CCCc1nc(C)c(/C=C(\Cc2cccs2)C(=O)O)n1Cc1ccc2oc(-c3ccccc3NS(=O)(=O)C(F)(F)F)c(Br)c2c1. The minimum Gasteiger partial charge on any atom is -0.478 e. The summed E-state index contributed by atoms with van der Waals surface area (Å²) < 4.78 is 73.0. The first kappa shape index (κ1) is 32.5. The number of aliphatic carboxylic acids is 1. The van der Waals surface area contributed by atoms with Crippen LogP contribution in [0.1, 0.15) is 41.0 Å². The van der Waals surface area contributed by atoms with Crippen molar-refractivity contribution in [2.45, 2.75) is 45.2 Å². The molecule has 0 aliphatic heterocycles. The molecule has 0 saturated carbocycles. The molecule has 0 saturated heterocycles. The molecule has 2 aromatic carbocycles. The fourth-order valence-corrected chi connectivity index (χ4v) is 6.83. The van der Waals surface area contributed by atoms with Gasteiger partial charge in [0.15, 0.2) is 5.76 Å². The van der Waals surface area contributed by atoms with E-state index in [0.717, 1.165) is 22.7 Å². The van der Waals surface area contributed by atoms with Gasteiger partial charge in [0.25, 0.3) is 0 Å². The number of carbonyl (C=O) groups is 1. The number of nitrogens with zero attached hydrogens (tertiary/aromatic N) is 2. The molecule has 0 radical (unpaired) electrons. The third-order valence-corrected chi connectivity index (χ3v) is 9.79. The van der Waals surface area contributed by atoms with Crippen molar-refractivity contribution in [2.75, 3.05) is 4.72 Å². The van der Waals surface area contributed by atoms with Gasteiger partial charge in [0, 0.05) is 40.8 Å². The van der Waals surface area contributed by atoms with E-state index in [-0.39, 0.29) is 29.0 Å². The highest BCUT2D eigenvalue weighted by atomic mass is 79.9. The van der Waals surface area contributed by atoms with Crippen molar-refractivity contribution < 1.29 is 35.9 Å². The maximum atomic E-state index is 13.1. The van der Waals surface area contributed by atoms with Crippen LogP contribution >= 0.6 is 27.3 Å². The number of imidazole rings is 1. The first-order valence-corrected chi connectivity index (χ1v) is 16.9. The summed E-state index contributed by atoms with van der Waals surface area (Å²) >= 11 is 5.00. The van der Waals surface area contributed by atoms with Gasteiger partial charge in [-0.05, 0) is 76.6 Å². The van der Waals surface area contributed by atoms with E-state index >= 15 is 0 Å². The Morgan fingerprint density at radius 2 is 1.93 bits per heavy atom. The molecule has 0 unspecified atom stereocenters. The number of hydrogen-bond acceptors (Lipinski definition) is 6. The fourth-order valence-electron chi connectivity index (χ4n) is 4.91. The molecule has 3 heterocycles. The second-order valence-corrected chi connectivity index (χ2v) is 13.7. The Bertz CT molecular complexity index is 2010. The molecule has 5 rings (SSSR count). The van der Waals surface area contributed by atoms with Gasteiger partial charge in [-0.15, -0.1) is 11.3 Å². The van der Waals surface area contributed by atoms with E-state index < -0.39 is 21.5 Å². The van der Waals surface area contributed by atoms with Gasteiger partial charge >= 0.3 is 21.5 Å². The number of carboxylic acids is 1. The minimum atomic E-state index is -5.66. The van der Waals surface area contributed by atoms with Crippen molar-refractivity contribution in [2.24, 2.45) is 0 Å². The number of halogens is 4. The number of aryl methyl sites for hydroxylation is 2. The van der Waals surface area contributed by atoms with Crippen LogP contribution in [0.4, 0.5) is 18.9 Å². The third kappa shape index (κ3) is 6.87. The van der Waals surface area contributed by atoms with Gasteiger partial charge in [-0.3, -0.25) is 4.72 Å². The predicted octanol–water partition coefficient (Wildman–Crippen LogP) is 8.40. The number of fused-ring (bicyclic) bond motifs is 1. The summed E-state index contributed by atoms with van der Waals surface area (Å²) in [5, 5.41) is 12.5. The van der Waals surface area contributed by atoms with Gasteiger partial charge < -0.3 is 14.1 Å². The van der Waals surface area contributed by atoms with Gasteiger partial charge in [-0.25, -0.2) is 9.78 Å². The molecule has 8 nitrogen and oxygen atoms in total. The molecule has 0 aliphatic carbocycles. The zero-order valence-corrected chi connectivity index (χ0v) is 27.2. The lowest BCUT2D eigenvalue weighted by molar-refractivity contribution is -0.132. The average molecular weight is 723 g/mol. The fraction of sp³-hybridized carbons (Fsp3) is 0.226. The highest BCUT2D eigenvalue weighted by molar-refractivity contribution is 9.10. The van der Waals surface area contributed by atoms with Crippen LogP contribution in [0.5, 0.6) is 0 Å². The van der Waals surface area contributed by atoms with Crippen LogP contribution in [0.15, 0.2) is 74.4 Å². The summed E-state index contributed by atoms with van der Waals surface area (Å²) in [6.07, 6.45) is 3.45. The maximum absolute atomic E-state index is 13.1. The summed E-state index contributed by atoms with van der Waals surface area (Å²) in [7, 11) is -5.66. The summed E-state index contributed by atoms with van der Waals surface area (Å²) in [5.74, 6) is -0.0576. The monoisotopic (exact) mass is 721 g/mol. The van der Waals surface area contributed by atoms with E-state index in [2.05, 4.69) is 15.9 Å². The van der Waals surface area contributed by atoms with Crippen molar-refractivity contribution in [1.29, 1.82) is 0 Å². The molecule has 3 aromatic heterocycles. The highest BCUT2D eigenvalue weighted by Gasteiger charge is 2.46. The van der Waals surface area contributed by atoms with E-state index in [1.165, 1.54) is 29.5 Å². The lowest BCUT2D eigenvalue weighted by atomic mass is 10.1.